The van der Waals surface area contributed by atoms with Gasteiger partial charge in [0.2, 0.25) is 0 Å². The molecule has 0 bridgehead atoms. The fourth-order valence-electron chi connectivity index (χ4n) is 0.218. The number of aliphatic hydroxyl groups excluding tert-OH is 1. The lowest BCUT2D eigenvalue weighted by Gasteiger charge is -1.84. The molecule has 0 aliphatic heterocycles. The third kappa shape index (κ3) is 6.36. The largest absolute Gasteiger partial charge is 0.396 e. The fourth-order valence-corrected chi connectivity index (χ4v) is 0.599. The highest BCUT2D eigenvalue weighted by molar-refractivity contribution is 14.1. The molecule has 0 saturated carbocycles. The molecule has 42 valence electrons. The first kappa shape index (κ1) is 7.36. The van der Waals surface area contributed by atoms with Crippen LogP contribution in [0.2, 0.25) is 0 Å². The molecule has 0 heterocycles. The molecule has 0 rings (SSSR count). The standard InChI is InChI=1S/C4H7IO2/c5-4(7)2-1-3-6/h6H,1-3H2. The van der Waals surface area contributed by atoms with E-state index in [4.69, 9.17) is 5.11 Å². The Balaban J connectivity index is 2.82. The number of halogens is 1. The summed E-state index contributed by atoms with van der Waals surface area (Å²) in [5, 5.41) is 8.16. The molecular weight excluding hydrogens is 207 g/mol. The third-order valence-electron chi connectivity index (χ3n) is 0.531. The smallest absolute Gasteiger partial charge is 0.192 e. The van der Waals surface area contributed by atoms with Gasteiger partial charge in [0.1, 0.15) is 0 Å². The Labute approximate surface area is 56.1 Å². The van der Waals surface area contributed by atoms with Gasteiger partial charge < -0.3 is 5.11 Å². The van der Waals surface area contributed by atoms with E-state index in [2.05, 4.69) is 0 Å². The Morgan fingerprint density at radius 2 is 2.29 bits per heavy atom. The molecule has 0 aliphatic rings. The van der Waals surface area contributed by atoms with Gasteiger partial charge in [-0.15, -0.1) is 0 Å². The number of carbonyl (C=O) groups excluding carboxylic acids is 1. The number of hydrogen-bond donors (Lipinski definition) is 1. The molecule has 0 unspecified atom stereocenters. The second-order valence-electron chi connectivity index (χ2n) is 1.18. The lowest BCUT2D eigenvalue weighted by molar-refractivity contribution is -0.109. The predicted octanol–water partition coefficient (Wildman–Crippen LogP) is 0.720. The van der Waals surface area contributed by atoms with Gasteiger partial charge in [0.25, 0.3) is 0 Å². The van der Waals surface area contributed by atoms with Crippen molar-refractivity contribution in [3.05, 3.63) is 0 Å². The molecule has 0 aromatic heterocycles. The molecule has 0 spiro atoms. The molecule has 0 saturated heterocycles. The quantitative estimate of drug-likeness (QED) is 0.555. The van der Waals surface area contributed by atoms with Crippen molar-refractivity contribution >= 4 is 26.4 Å². The maximum absolute atomic E-state index is 10.1. The lowest BCUT2D eigenvalue weighted by Crippen LogP contribution is -1.87. The van der Waals surface area contributed by atoms with Crippen LogP contribution in [0.25, 0.3) is 0 Å². The van der Waals surface area contributed by atoms with Gasteiger partial charge in [0, 0.05) is 13.0 Å². The molecule has 0 amide bonds. The summed E-state index contributed by atoms with van der Waals surface area (Å²) in [6.07, 6.45) is 1.10. The fraction of sp³-hybridized carbons (Fsp3) is 0.750. The first-order chi connectivity index (χ1) is 3.27. The monoisotopic (exact) mass is 214 g/mol. The number of carbonyl (C=O) groups is 1. The predicted molar refractivity (Wildman–Crippen MR) is 35.3 cm³/mol. The van der Waals surface area contributed by atoms with Crippen molar-refractivity contribution in [3.63, 3.8) is 0 Å². The number of aliphatic hydroxyl groups is 1. The summed E-state index contributed by atoms with van der Waals surface area (Å²) in [6.45, 7) is 0.120. The van der Waals surface area contributed by atoms with Crippen molar-refractivity contribution in [2.75, 3.05) is 6.61 Å². The Morgan fingerprint density at radius 3 is 2.43 bits per heavy atom. The first-order valence-electron chi connectivity index (χ1n) is 2.06. The molecule has 0 atom stereocenters. The SMILES string of the molecule is O=C(I)CCCO. The van der Waals surface area contributed by atoms with Crippen LogP contribution in [0.3, 0.4) is 0 Å². The van der Waals surface area contributed by atoms with Gasteiger partial charge in [-0.05, 0) is 29.0 Å². The second kappa shape index (κ2) is 4.52. The highest BCUT2D eigenvalue weighted by atomic mass is 127. The van der Waals surface area contributed by atoms with E-state index in [1.807, 2.05) is 0 Å². The van der Waals surface area contributed by atoms with E-state index in [1.54, 1.807) is 22.6 Å². The van der Waals surface area contributed by atoms with Gasteiger partial charge in [-0.25, -0.2) is 0 Å². The summed E-state index contributed by atoms with van der Waals surface area (Å²) in [7, 11) is 0. The highest BCUT2D eigenvalue weighted by Gasteiger charge is 1.90. The summed E-state index contributed by atoms with van der Waals surface area (Å²) in [6, 6.07) is 0. The van der Waals surface area contributed by atoms with Crippen molar-refractivity contribution in [3.8, 4) is 0 Å². The minimum atomic E-state index is 0.117. The van der Waals surface area contributed by atoms with E-state index in [0.29, 0.717) is 12.8 Å². The van der Waals surface area contributed by atoms with Crippen LogP contribution in [0.15, 0.2) is 0 Å². The van der Waals surface area contributed by atoms with Crippen molar-refractivity contribution in [2.45, 2.75) is 12.8 Å². The van der Waals surface area contributed by atoms with Crippen LogP contribution in [-0.4, -0.2) is 15.5 Å². The van der Waals surface area contributed by atoms with Gasteiger partial charge in [-0.2, -0.15) is 0 Å². The van der Waals surface area contributed by atoms with E-state index < -0.39 is 0 Å². The van der Waals surface area contributed by atoms with Gasteiger partial charge >= 0.3 is 0 Å². The number of hydrogen-bond acceptors (Lipinski definition) is 2. The minimum Gasteiger partial charge on any atom is -0.396 e. The van der Waals surface area contributed by atoms with Crippen molar-refractivity contribution < 1.29 is 9.90 Å². The Bertz CT molecular complexity index is 62.7. The van der Waals surface area contributed by atoms with Crippen LogP contribution in [0, 0.1) is 0 Å². The molecule has 0 aromatic rings. The zero-order valence-corrected chi connectivity index (χ0v) is 6.01. The Kier molecular flexibility index (Phi) is 4.75. The minimum absolute atomic E-state index is 0.117. The molecule has 0 fully saturated rings. The van der Waals surface area contributed by atoms with Crippen molar-refractivity contribution in [1.82, 2.24) is 0 Å². The van der Waals surface area contributed by atoms with E-state index in [9.17, 15) is 4.79 Å². The maximum atomic E-state index is 10.1. The highest BCUT2D eigenvalue weighted by Crippen LogP contribution is 1.94. The van der Waals surface area contributed by atoms with Crippen molar-refractivity contribution in [2.24, 2.45) is 0 Å². The Morgan fingerprint density at radius 1 is 1.71 bits per heavy atom. The van der Waals surface area contributed by atoms with Crippen LogP contribution in [0.5, 0.6) is 0 Å². The van der Waals surface area contributed by atoms with Crippen LogP contribution < -0.4 is 0 Å². The topological polar surface area (TPSA) is 37.3 Å². The molecule has 3 heteroatoms. The summed E-state index contributed by atoms with van der Waals surface area (Å²) in [4.78, 5) is 10.1. The van der Waals surface area contributed by atoms with Gasteiger partial charge in [0.15, 0.2) is 3.79 Å². The molecule has 0 aliphatic carbocycles. The zero-order chi connectivity index (χ0) is 5.70. The molecule has 2 nitrogen and oxygen atoms in total. The summed E-state index contributed by atoms with van der Waals surface area (Å²) in [5.74, 6) is 0. The average molecular weight is 214 g/mol. The first-order valence-corrected chi connectivity index (χ1v) is 3.14. The summed E-state index contributed by atoms with van der Waals surface area (Å²) >= 11 is 1.72. The average Bonchev–Trinajstić information content (AvgIpc) is 1.61. The zero-order valence-electron chi connectivity index (χ0n) is 3.85. The van der Waals surface area contributed by atoms with Crippen LogP contribution >= 0.6 is 22.6 Å². The van der Waals surface area contributed by atoms with E-state index >= 15 is 0 Å². The maximum Gasteiger partial charge on any atom is 0.192 e. The lowest BCUT2D eigenvalue weighted by atomic mass is 10.4. The van der Waals surface area contributed by atoms with Crippen LogP contribution in [0.1, 0.15) is 12.8 Å². The molecule has 7 heavy (non-hydrogen) atoms. The summed E-state index contributed by atoms with van der Waals surface area (Å²) in [5.41, 5.74) is 0. The molecule has 1 N–H and O–H groups in total. The molecular formula is C4H7IO2. The number of rotatable bonds is 3. The van der Waals surface area contributed by atoms with Gasteiger partial charge in [-0.3, -0.25) is 4.79 Å². The van der Waals surface area contributed by atoms with E-state index in [-0.39, 0.29) is 10.4 Å². The summed E-state index contributed by atoms with van der Waals surface area (Å²) < 4.78 is 0.117. The molecule has 0 radical (unpaired) electrons. The van der Waals surface area contributed by atoms with Crippen molar-refractivity contribution in [1.29, 1.82) is 0 Å². The van der Waals surface area contributed by atoms with E-state index in [1.165, 1.54) is 0 Å². The second-order valence-corrected chi connectivity index (χ2v) is 2.39. The van der Waals surface area contributed by atoms with Gasteiger partial charge in [0.05, 0.1) is 0 Å². The molecule has 0 aromatic carbocycles. The third-order valence-corrected chi connectivity index (χ3v) is 1.07. The van der Waals surface area contributed by atoms with Crippen LogP contribution in [0.4, 0.5) is 0 Å². The van der Waals surface area contributed by atoms with Crippen LogP contribution in [-0.2, 0) is 4.79 Å². The van der Waals surface area contributed by atoms with Gasteiger partial charge in [-0.1, -0.05) is 0 Å². The normalized spacial score (nSPS) is 8.86. The van der Waals surface area contributed by atoms with E-state index in [0.717, 1.165) is 0 Å². The Hall–Kier alpha value is 0.360.